The van der Waals surface area contributed by atoms with Crippen LogP contribution in [0.15, 0.2) is 16.6 Å². The fraction of sp³-hybridized carbons (Fsp3) is 0.800. The number of unbranched alkanes of at least 4 members (excludes halogenated alkanes) is 7. The lowest BCUT2D eigenvalue weighted by Gasteiger charge is -2.36. The Kier molecular flexibility index (Phi) is 14.5. The van der Waals surface area contributed by atoms with E-state index in [1.807, 2.05) is 13.8 Å². The Labute approximate surface area is 199 Å². The number of hydrogen-bond donors (Lipinski definition) is 3. The van der Waals surface area contributed by atoms with Crippen LogP contribution < -0.4 is 16.8 Å². The monoisotopic (exact) mass is 466 g/mol. The molecule has 0 fully saturated rings. The summed E-state index contributed by atoms with van der Waals surface area (Å²) in [7, 11) is 0. The molecule has 0 saturated carbocycles. The molecule has 33 heavy (non-hydrogen) atoms. The summed E-state index contributed by atoms with van der Waals surface area (Å²) in [5.41, 5.74) is 11.8. The second-order valence-electron chi connectivity index (χ2n) is 8.89. The van der Waals surface area contributed by atoms with Crippen molar-refractivity contribution < 1.29 is 19.1 Å². The van der Waals surface area contributed by atoms with Crippen LogP contribution in [-0.2, 0) is 19.1 Å². The zero-order chi connectivity index (χ0) is 24.6. The number of ether oxygens (including phenoxy) is 2. The highest BCUT2D eigenvalue weighted by molar-refractivity contribution is 5.89. The van der Waals surface area contributed by atoms with E-state index in [0.717, 1.165) is 25.7 Å². The molecule has 0 aromatic heterocycles. The number of nitrogens with one attached hydrogen (secondary N) is 1. The largest absolute Gasteiger partial charge is 0.462 e. The predicted molar refractivity (Wildman–Crippen MR) is 133 cm³/mol. The summed E-state index contributed by atoms with van der Waals surface area (Å²) >= 11 is 0. The van der Waals surface area contributed by atoms with Crippen molar-refractivity contribution in [1.82, 2.24) is 5.32 Å². The maximum Gasteiger partial charge on any atom is 0.333 e. The topological polar surface area (TPSA) is 129 Å². The summed E-state index contributed by atoms with van der Waals surface area (Å²) in [5.74, 6) is -0.665. The smallest absolute Gasteiger partial charge is 0.333 e. The van der Waals surface area contributed by atoms with E-state index in [-0.39, 0.29) is 30.4 Å². The van der Waals surface area contributed by atoms with Crippen molar-refractivity contribution in [3.8, 4) is 0 Å². The Morgan fingerprint density at radius 2 is 1.67 bits per heavy atom. The first kappa shape index (κ1) is 28.9. The fourth-order valence-electron chi connectivity index (χ4n) is 4.14. The van der Waals surface area contributed by atoms with Crippen LogP contribution in [0.2, 0.25) is 0 Å². The molecule has 1 rings (SSSR count). The maximum absolute atomic E-state index is 12.8. The standard InChI is InChI=1S/C25H46N4O4/c1-5-8-9-10-11-12-13-14-15-32-24(31)19-16-21(29-25(26)27)23(28-18(4)30)22(17-19)33-20(6-2)7-3/h17,20-23H,5-16H2,1-4H3,(H,28,30)(H4,26,27,29)/t21-,22+,23+/m0/s1. The van der Waals surface area contributed by atoms with Crippen LogP contribution in [0.25, 0.3) is 0 Å². The number of aliphatic imine (C=N–C) groups is 1. The summed E-state index contributed by atoms with van der Waals surface area (Å²) in [5, 5.41) is 2.91. The van der Waals surface area contributed by atoms with Gasteiger partial charge in [-0.05, 0) is 25.3 Å². The number of carbonyl (C=O) groups excluding carboxylic acids is 2. The SMILES string of the molecule is CCCCCCCCCCOC(=O)C1=C[C@@H](OC(CC)CC)[C@H](NC(C)=O)[C@@H](N=C(N)N)C1. The molecule has 0 aromatic rings. The second kappa shape index (κ2) is 16.5. The summed E-state index contributed by atoms with van der Waals surface area (Å²) in [4.78, 5) is 28.9. The Hall–Kier alpha value is -2.09. The summed E-state index contributed by atoms with van der Waals surface area (Å²) < 4.78 is 11.8. The molecule has 0 aliphatic heterocycles. The molecule has 0 unspecified atom stereocenters. The van der Waals surface area contributed by atoms with Crippen molar-refractivity contribution in [2.24, 2.45) is 16.5 Å². The molecule has 0 saturated heterocycles. The van der Waals surface area contributed by atoms with E-state index in [1.54, 1.807) is 6.08 Å². The Balaban J connectivity index is 2.77. The van der Waals surface area contributed by atoms with Crippen LogP contribution in [0.4, 0.5) is 0 Å². The van der Waals surface area contributed by atoms with E-state index in [4.69, 9.17) is 20.9 Å². The first-order valence-electron chi connectivity index (χ1n) is 12.7. The van der Waals surface area contributed by atoms with E-state index in [0.29, 0.717) is 12.2 Å². The molecular formula is C25H46N4O4. The van der Waals surface area contributed by atoms with Crippen LogP contribution in [0.5, 0.6) is 0 Å². The average molecular weight is 467 g/mol. The van der Waals surface area contributed by atoms with Crippen molar-refractivity contribution in [2.45, 2.75) is 123 Å². The van der Waals surface area contributed by atoms with E-state index in [9.17, 15) is 9.59 Å². The molecule has 1 amide bonds. The van der Waals surface area contributed by atoms with Gasteiger partial charge in [0.15, 0.2) is 5.96 Å². The Morgan fingerprint density at radius 3 is 2.21 bits per heavy atom. The minimum atomic E-state index is -0.522. The molecule has 0 radical (unpaired) electrons. The second-order valence-corrected chi connectivity index (χ2v) is 8.89. The molecule has 3 atom stereocenters. The third kappa shape index (κ3) is 11.6. The summed E-state index contributed by atoms with van der Waals surface area (Å²) in [6.45, 7) is 8.14. The van der Waals surface area contributed by atoms with Gasteiger partial charge in [0.25, 0.3) is 0 Å². The minimum Gasteiger partial charge on any atom is -0.462 e. The normalized spacial score (nSPS) is 20.3. The van der Waals surface area contributed by atoms with Gasteiger partial charge in [-0.25, -0.2) is 9.79 Å². The number of rotatable bonds is 16. The van der Waals surface area contributed by atoms with Gasteiger partial charge in [0.05, 0.1) is 30.9 Å². The van der Waals surface area contributed by atoms with E-state index < -0.39 is 18.2 Å². The van der Waals surface area contributed by atoms with Gasteiger partial charge in [-0.1, -0.05) is 65.7 Å². The van der Waals surface area contributed by atoms with Crippen LogP contribution in [-0.4, -0.2) is 48.7 Å². The van der Waals surface area contributed by atoms with Crippen molar-refractivity contribution in [1.29, 1.82) is 0 Å². The number of carbonyl (C=O) groups is 2. The molecule has 8 nitrogen and oxygen atoms in total. The molecule has 190 valence electrons. The van der Waals surface area contributed by atoms with Gasteiger partial charge in [0.1, 0.15) is 0 Å². The van der Waals surface area contributed by atoms with Gasteiger partial charge in [0.2, 0.25) is 5.91 Å². The molecule has 1 aliphatic carbocycles. The molecule has 0 spiro atoms. The van der Waals surface area contributed by atoms with Crippen LogP contribution in [0.1, 0.15) is 98.3 Å². The van der Waals surface area contributed by atoms with Gasteiger partial charge in [-0.15, -0.1) is 0 Å². The first-order chi connectivity index (χ1) is 15.8. The van der Waals surface area contributed by atoms with Crippen LogP contribution >= 0.6 is 0 Å². The number of guanidine groups is 1. The maximum atomic E-state index is 12.8. The van der Waals surface area contributed by atoms with Gasteiger partial charge in [-0.2, -0.15) is 0 Å². The van der Waals surface area contributed by atoms with Crippen LogP contribution in [0, 0.1) is 0 Å². The van der Waals surface area contributed by atoms with Gasteiger partial charge >= 0.3 is 5.97 Å². The summed E-state index contributed by atoms with van der Waals surface area (Å²) in [6, 6.07) is -0.969. The molecule has 0 bridgehead atoms. The Morgan fingerprint density at radius 1 is 1.06 bits per heavy atom. The number of nitrogens with zero attached hydrogens (tertiary/aromatic N) is 1. The molecule has 0 heterocycles. The molecular weight excluding hydrogens is 420 g/mol. The number of esters is 1. The third-order valence-electron chi connectivity index (χ3n) is 6.00. The quantitative estimate of drug-likeness (QED) is 0.138. The van der Waals surface area contributed by atoms with Crippen LogP contribution in [0.3, 0.4) is 0 Å². The lowest BCUT2D eigenvalue weighted by molar-refractivity contribution is -0.139. The van der Waals surface area contributed by atoms with Crippen molar-refractivity contribution in [3.63, 3.8) is 0 Å². The van der Waals surface area contributed by atoms with Gasteiger partial charge in [0, 0.05) is 18.9 Å². The van der Waals surface area contributed by atoms with Crippen molar-refractivity contribution in [2.75, 3.05) is 6.61 Å². The predicted octanol–water partition coefficient (Wildman–Crippen LogP) is 3.72. The number of hydrogen-bond acceptors (Lipinski definition) is 5. The van der Waals surface area contributed by atoms with E-state index >= 15 is 0 Å². The van der Waals surface area contributed by atoms with E-state index in [1.165, 1.54) is 45.4 Å². The lowest BCUT2D eigenvalue weighted by atomic mass is 9.88. The number of amides is 1. The fourth-order valence-corrected chi connectivity index (χ4v) is 4.14. The Bertz CT molecular complexity index is 642. The first-order valence-corrected chi connectivity index (χ1v) is 12.7. The lowest BCUT2D eigenvalue weighted by Crippen LogP contribution is -2.54. The van der Waals surface area contributed by atoms with Crippen molar-refractivity contribution >= 4 is 17.8 Å². The van der Waals surface area contributed by atoms with Gasteiger partial charge in [-0.3, -0.25) is 4.79 Å². The van der Waals surface area contributed by atoms with Gasteiger partial charge < -0.3 is 26.3 Å². The zero-order valence-corrected chi connectivity index (χ0v) is 21.1. The van der Waals surface area contributed by atoms with Crippen molar-refractivity contribution in [3.05, 3.63) is 11.6 Å². The highest BCUT2D eigenvalue weighted by Gasteiger charge is 2.38. The highest BCUT2D eigenvalue weighted by atomic mass is 16.5. The zero-order valence-electron chi connectivity index (χ0n) is 21.1. The average Bonchev–Trinajstić information content (AvgIpc) is 2.77. The number of nitrogens with two attached hydrogens (primary N) is 2. The highest BCUT2D eigenvalue weighted by Crippen LogP contribution is 2.27. The minimum absolute atomic E-state index is 0.00458. The molecule has 1 aliphatic rings. The molecule has 5 N–H and O–H groups in total. The van der Waals surface area contributed by atoms with E-state index in [2.05, 4.69) is 17.2 Å². The molecule has 8 heteroatoms. The molecule has 0 aromatic carbocycles. The third-order valence-corrected chi connectivity index (χ3v) is 6.00. The summed E-state index contributed by atoms with van der Waals surface area (Å²) in [6.07, 6.45) is 12.6.